The molecule has 25 heavy (non-hydrogen) atoms. The fourth-order valence-electron chi connectivity index (χ4n) is 2.89. The quantitative estimate of drug-likeness (QED) is 0.759. The Morgan fingerprint density at radius 2 is 1.56 bits per heavy atom. The van der Waals surface area contributed by atoms with E-state index in [1.54, 1.807) is 6.07 Å². The molecule has 0 amide bonds. The predicted octanol–water partition coefficient (Wildman–Crippen LogP) is 3.50. The summed E-state index contributed by atoms with van der Waals surface area (Å²) in [5.74, 6) is 0.317. The first-order valence-corrected chi connectivity index (χ1v) is 8.30. The second-order valence-electron chi connectivity index (χ2n) is 5.96. The van der Waals surface area contributed by atoms with Crippen LogP contribution >= 0.6 is 0 Å². The van der Waals surface area contributed by atoms with Crippen molar-refractivity contribution in [1.29, 1.82) is 0 Å². The summed E-state index contributed by atoms with van der Waals surface area (Å²) in [4.78, 5) is 2.34. The summed E-state index contributed by atoms with van der Waals surface area (Å²) in [6, 6.07) is 18.2. The summed E-state index contributed by atoms with van der Waals surface area (Å²) in [5, 5.41) is 7.33. The first-order chi connectivity index (χ1) is 12.3. The van der Waals surface area contributed by atoms with Gasteiger partial charge in [-0.15, -0.1) is 0 Å². The number of hydrogen-bond acceptors (Lipinski definition) is 6. The van der Waals surface area contributed by atoms with Crippen molar-refractivity contribution in [3.05, 3.63) is 54.6 Å². The molecule has 6 heteroatoms. The Balaban J connectivity index is 1.43. The van der Waals surface area contributed by atoms with Gasteiger partial charge in [0.05, 0.1) is 13.2 Å². The summed E-state index contributed by atoms with van der Waals surface area (Å²) in [6.45, 7) is 3.48. The highest BCUT2D eigenvalue weighted by Gasteiger charge is 2.10. The van der Waals surface area contributed by atoms with Gasteiger partial charge in [0.2, 0.25) is 5.88 Å². The third kappa shape index (κ3) is 3.59. The zero-order chi connectivity index (χ0) is 17.1. The van der Waals surface area contributed by atoms with Gasteiger partial charge >= 0.3 is 0 Å². The Hall–Kier alpha value is -2.99. The van der Waals surface area contributed by atoms with Crippen molar-refractivity contribution < 1.29 is 9.26 Å². The molecule has 1 saturated heterocycles. The van der Waals surface area contributed by atoms with Gasteiger partial charge in [0.25, 0.3) is 0 Å². The maximum absolute atomic E-state index is 5.56. The van der Waals surface area contributed by atoms with Crippen LogP contribution in [-0.2, 0) is 4.74 Å². The Kier molecular flexibility index (Phi) is 4.26. The van der Waals surface area contributed by atoms with Crippen LogP contribution in [0, 0.1) is 0 Å². The standard InChI is InChI=1S/C19H20N4O2/c20-19-13-18(22-25-19)14-1-3-15(4-2-14)21-16-5-7-17(8-6-16)23-9-11-24-12-10-23/h1-8,13,21H,9-12,20H2. The first-order valence-electron chi connectivity index (χ1n) is 8.30. The van der Waals surface area contributed by atoms with E-state index in [0.29, 0.717) is 5.88 Å². The van der Waals surface area contributed by atoms with E-state index >= 15 is 0 Å². The number of anilines is 4. The van der Waals surface area contributed by atoms with Crippen LogP contribution in [0.15, 0.2) is 59.1 Å². The normalized spacial score (nSPS) is 14.5. The van der Waals surface area contributed by atoms with Crippen LogP contribution in [0.1, 0.15) is 0 Å². The number of aromatic nitrogens is 1. The molecule has 4 rings (SSSR count). The number of nitrogen functional groups attached to an aromatic ring is 1. The summed E-state index contributed by atoms with van der Waals surface area (Å²) >= 11 is 0. The number of ether oxygens (including phenoxy) is 1. The molecule has 0 spiro atoms. The van der Waals surface area contributed by atoms with Crippen LogP contribution in [0.4, 0.5) is 22.9 Å². The molecule has 128 valence electrons. The first kappa shape index (κ1) is 15.5. The van der Waals surface area contributed by atoms with E-state index in [2.05, 4.69) is 39.6 Å². The second kappa shape index (κ2) is 6.86. The van der Waals surface area contributed by atoms with Crippen molar-refractivity contribution in [3.8, 4) is 11.3 Å². The molecule has 0 saturated carbocycles. The van der Waals surface area contributed by atoms with E-state index < -0.39 is 0 Å². The molecule has 1 aliphatic rings. The summed E-state index contributed by atoms with van der Waals surface area (Å²) in [5.41, 5.74) is 10.6. The molecule has 2 heterocycles. The zero-order valence-corrected chi connectivity index (χ0v) is 13.8. The van der Waals surface area contributed by atoms with Crippen LogP contribution in [0.25, 0.3) is 11.3 Å². The van der Waals surface area contributed by atoms with Crippen LogP contribution < -0.4 is 16.0 Å². The molecule has 0 bridgehead atoms. The van der Waals surface area contributed by atoms with Gasteiger partial charge in [-0.05, 0) is 36.4 Å². The highest BCUT2D eigenvalue weighted by molar-refractivity contribution is 5.68. The van der Waals surface area contributed by atoms with Crippen LogP contribution in [0.3, 0.4) is 0 Å². The smallest absolute Gasteiger partial charge is 0.222 e. The molecule has 0 unspecified atom stereocenters. The van der Waals surface area contributed by atoms with Crippen molar-refractivity contribution in [1.82, 2.24) is 5.16 Å². The van der Waals surface area contributed by atoms with Gasteiger partial charge in [-0.2, -0.15) is 0 Å². The van der Waals surface area contributed by atoms with E-state index in [4.69, 9.17) is 15.0 Å². The van der Waals surface area contributed by atoms with Gasteiger partial charge in [0.1, 0.15) is 5.69 Å². The Labute approximate surface area is 146 Å². The van der Waals surface area contributed by atoms with Crippen LogP contribution in [0.5, 0.6) is 0 Å². The highest BCUT2D eigenvalue weighted by atomic mass is 16.5. The zero-order valence-electron chi connectivity index (χ0n) is 13.8. The SMILES string of the molecule is Nc1cc(-c2ccc(Nc3ccc(N4CCOCC4)cc3)cc2)no1. The number of nitrogens with zero attached hydrogens (tertiary/aromatic N) is 2. The topological polar surface area (TPSA) is 76.5 Å². The molecule has 1 fully saturated rings. The minimum absolute atomic E-state index is 0.317. The molecule has 2 aromatic carbocycles. The number of nitrogens with one attached hydrogen (secondary N) is 1. The minimum atomic E-state index is 0.317. The molecule has 3 N–H and O–H groups in total. The average Bonchev–Trinajstić information content (AvgIpc) is 3.10. The van der Waals surface area contributed by atoms with Gasteiger partial charge in [-0.25, -0.2) is 0 Å². The van der Waals surface area contributed by atoms with Gasteiger partial charge in [-0.1, -0.05) is 17.3 Å². The lowest BCUT2D eigenvalue weighted by molar-refractivity contribution is 0.122. The fraction of sp³-hybridized carbons (Fsp3) is 0.211. The van der Waals surface area contributed by atoms with Gasteiger partial charge < -0.3 is 25.2 Å². The van der Waals surface area contributed by atoms with E-state index in [1.165, 1.54) is 5.69 Å². The van der Waals surface area contributed by atoms with Gasteiger partial charge in [0, 0.05) is 41.8 Å². The number of rotatable bonds is 4. The molecule has 1 aromatic heterocycles. The lowest BCUT2D eigenvalue weighted by atomic mass is 10.1. The Morgan fingerprint density at radius 1 is 0.920 bits per heavy atom. The van der Waals surface area contributed by atoms with E-state index in [1.807, 2.05) is 24.3 Å². The molecule has 0 atom stereocenters. The summed E-state index contributed by atoms with van der Waals surface area (Å²) < 4.78 is 10.3. The third-order valence-electron chi connectivity index (χ3n) is 4.24. The number of nitrogens with two attached hydrogens (primary N) is 1. The number of morpholine rings is 1. The maximum atomic E-state index is 5.56. The summed E-state index contributed by atoms with van der Waals surface area (Å²) in [6.07, 6.45) is 0. The molecular weight excluding hydrogens is 316 g/mol. The highest BCUT2D eigenvalue weighted by Crippen LogP contribution is 2.25. The molecule has 3 aromatic rings. The minimum Gasteiger partial charge on any atom is -0.378 e. The molecule has 0 radical (unpaired) electrons. The van der Waals surface area contributed by atoms with Crippen LogP contribution in [-0.4, -0.2) is 31.5 Å². The van der Waals surface area contributed by atoms with Crippen molar-refractivity contribution >= 4 is 22.9 Å². The molecule has 0 aliphatic carbocycles. The average molecular weight is 336 g/mol. The lowest BCUT2D eigenvalue weighted by Gasteiger charge is -2.28. The van der Waals surface area contributed by atoms with Crippen molar-refractivity contribution in [3.63, 3.8) is 0 Å². The van der Waals surface area contributed by atoms with Crippen molar-refractivity contribution in [2.45, 2.75) is 0 Å². The van der Waals surface area contributed by atoms with Crippen molar-refractivity contribution in [2.24, 2.45) is 0 Å². The van der Waals surface area contributed by atoms with E-state index in [9.17, 15) is 0 Å². The predicted molar refractivity (Wildman–Crippen MR) is 99.1 cm³/mol. The van der Waals surface area contributed by atoms with Gasteiger partial charge in [-0.3, -0.25) is 0 Å². The summed E-state index contributed by atoms with van der Waals surface area (Å²) in [7, 11) is 0. The van der Waals surface area contributed by atoms with E-state index in [-0.39, 0.29) is 0 Å². The monoisotopic (exact) mass is 336 g/mol. The fourth-order valence-corrected chi connectivity index (χ4v) is 2.89. The number of hydrogen-bond donors (Lipinski definition) is 2. The lowest BCUT2D eigenvalue weighted by Crippen LogP contribution is -2.36. The Bertz CT molecular complexity index is 821. The number of benzene rings is 2. The largest absolute Gasteiger partial charge is 0.378 e. The Morgan fingerprint density at radius 3 is 2.16 bits per heavy atom. The molecule has 6 nitrogen and oxygen atoms in total. The maximum Gasteiger partial charge on any atom is 0.222 e. The second-order valence-corrected chi connectivity index (χ2v) is 5.96. The van der Waals surface area contributed by atoms with Gasteiger partial charge in [0.15, 0.2) is 0 Å². The molecular formula is C19H20N4O2. The van der Waals surface area contributed by atoms with E-state index in [0.717, 1.165) is 48.9 Å². The van der Waals surface area contributed by atoms with Crippen LogP contribution in [0.2, 0.25) is 0 Å². The third-order valence-corrected chi connectivity index (χ3v) is 4.24. The van der Waals surface area contributed by atoms with Crippen molar-refractivity contribution in [2.75, 3.05) is 42.3 Å². The molecule has 1 aliphatic heterocycles.